The molecule has 0 aliphatic carbocycles. The molecule has 0 saturated carbocycles. The first kappa shape index (κ1) is 16.5. The quantitative estimate of drug-likeness (QED) is 0.826. The summed E-state index contributed by atoms with van der Waals surface area (Å²) in [5.41, 5.74) is 2.21. The van der Waals surface area contributed by atoms with Crippen molar-refractivity contribution in [1.82, 2.24) is 5.32 Å². The Balaban J connectivity index is 1.79. The number of carbonyl (C=O) groups excluding carboxylic acids is 2. The van der Waals surface area contributed by atoms with Crippen LogP contribution in [0.3, 0.4) is 0 Å². The lowest BCUT2D eigenvalue weighted by molar-refractivity contribution is -0.113. The van der Waals surface area contributed by atoms with Gasteiger partial charge in [-0.2, -0.15) is 0 Å². The number of anilines is 1. The van der Waals surface area contributed by atoms with Crippen molar-refractivity contribution in [1.29, 1.82) is 0 Å². The first-order valence-corrected chi connectivity index (χ1v) is 7.91. The van der Waals surface area contributed by atoms with Crippen LogP contribution in [0.1, 0.15) is 15.9 Å². The SMILES string of the molecule is C=CCNC(=O)c1ccccc1NC(=O)C1=Cc2ccccc2OC1. The fourth-order valence-corrected chi connectivity index (χ4v) is 2.50. The van der Waals surface area contributed by atoms with E-state index < -0.39 is 0 Å². The second-order valence-corrected chi connectivity index (χ2v) is 5.49. The molecule has 0 unspecified atom stereocenters. The summed E-state index contributed by atoms with van der Waals surface area (Å²) in [5.74, 6) is 0.191. The maximum atomic E-state index is 12.6. The molecular formula is C20H18N2O3. The standard InChI is InChI=1S/C20H18N2O3/c1-2-11-21-20(24)16-8-4-5-9-17(16)22-19(23)15-12-14-7-3-6-10-18(14)25-13-15/h2-10,12H,1,11,13H2,(H,21,24)(H,22,23). The van der Waals surface area contributed by atoms with Gasteiger partial charge in [0.25, 0.3) is 11.8 Å². The first-order valence-electron chi connectivity index (χ1n) is 7.91. The van der Waals surface area contributed by atoms with E-state index in [1.165, 1.54) is 0 Å². The number of hydrogen-bond acceptors (Lipinski definition) is 3. The Morgan fingerprint density at radius 2 is 1.84 bits per heavy atom. The Hall–Kier alpha value is -3.34. The second-order valence-electron chi connectivity index (χ2n) is 5.49. The van der Waals surface area contributed by atoms with E-state index in [2.05, 4.69) is 17.2 Å². The fourth-order valence-electron chi connectivity index (χ4n) is 2.50. The van der Waals surface area contributed by atoms with Crippen molar-refractivity contribution in [2.45, 2.75) is 0 Å². The predicted molar refractivity (Wildman–Crippen MR) is 97.5 cm³/mol. The van der Waals surface area contributed by atoms with Crippen LogP contribution < -0.4 is 15.4 Å². The molecule has 1 heterocycles. The molecule has 0 radical (unpaired) electrons. The van der Waals surface area contributed by atoms with Gasteiger partial charge in [-0.1, -0.05) is 36.4 Å². The number of hydrogen-bond donors (Lipinski definition) is 2. The zero-order chi connectivity index (χ0) is 17.6. The average Bonchev–Trinajstić information content (AvgIpc) is 2.66. The summed E-state index contributed by atoms with van der Waals surface area (Å²) in [6.07, 6.45) is 3.40. The Morgan fingerprint density at radius 1 is 1.08 bits per heavy atom. The molecule has 0 aromatic heterocycles. The molecule has 2 aromatic rings. The van der Waals surface area contributed by atoms with E-state index in [9.17, 15) is 9.59 Å². The molecule has 0 bridgehead atoms. The Labute approximate surface area is 146 Å². The lowest BCUT2D eigenvalue weighted by Gasteiger charge is -2.18. The minimum atomic E-state index is -0.293. The van der Waals surface area contributed by atoms with Crippen molar-refractivity contribution >= 4 is 23.6 Å². The minimum absolute atomic E-state index is 0.188. The number of carbonyl (C=O) groups is 2. The van der Waals surface area contributed by atoms with Crippen molar-refractivity contribution in [3.05, 3.63) is 77.9 Å². The van der Waals surface area contributed by atoms with Gasteiger partial charge in [0, 0.05) is 12.1 Å². The Kier molecular flexibility index (Phi) is 4.95. The highest BCUT2D eigenvalue weighted by atomic mass is 16.5. The zero-order valence-electron chi connectivity index (χ0n) is 13.6. The van der Waals surface area contributed by atoms with E-state index in [1.807, 2.05) is 24.3 Å². The van der Waals surface area contributed by atoms with Gasteiger partial charge in [-0.3, -0.25) is 9.59 Å². The van der Waals surface area contributed by atoms with Crippen LogP contribution in [0.2, 0.25) is 0 Å². The summed E-state index contributed by atoms with van der Waals surface area (Å²) < 4.78 is 5.61. The number of rotatable bonds is 5. The molecule has 1 aliphatic heterocycles. The highest BCUT2D eigenvalue weighted by Gasteiger charge is 2.19. The van der Waals surface area contributed by atoms with Crippen LogP contribution in [-0.2, 0) is 4.79 Å². The third kappa shape index (κ3) is 3.77. The molecule has 2 amide bonds. The molecule has 1 aliphatic rings. The van der Waals surface area contributed by atoms with Gasteiger partial charge >= 0.3 is 0 Å². The second kappa shape index (κ2) is 7.49. The van der Waals surface area contributed by atoms with E-state index in [4.69, 9.17) is 4.74 Å². The maximum Gasteiger partial charge on any atom is 0.255 e. The molecule has 0 spiro atoms. The van der Waals surface area contributed by atoms with Crippen LogP contribution in [0.4, 0.5) is 5.69 Å². The largest absolute Gasteiger partial charge is 0.488 e. The summed E-state index contributed by atoms with van der Waals surface area (Å²) in [6, 6.07) is 14.4. The minimum Gasteiger partial charge on any atom is -0.488 e. The number of ether oxygens (including phenoxy) is 1. The number of para-hydroxylation sites is 2. The summed E-state index contributed by atoms with van der Waals surface area (Å²) in [6.45, 7) is 4.12. The predicted octanol–water partition coefficient (Wildman–Crippen LogP) is 3.02. The number of amides is 2. The molecule has 0 saturated heterocycles. The number of nitrogens with one attached hydrogen (secondary N) is 2. The highest BCUT2D eigenvalue weighted by Crippen LogP contribution is 2.26. The van der Waals surface area contributed by atoms with Gasteiger partial charge in [0.1, 0.15) is 12.4 Å². The van der Waals surface area contributed by atoms with Gasteiger partial charge in [0.05, 0.1) is 16.8 Å². The number of benzene rings is 2. The van der Waals surface area contributed by atoms with Crippen LogP contribution in [0.25, 0.3) is 6.08 Å². The molecule has 126 valence electrons. The van der Waals surface area contributed by atoms with Gasteiger partial charge in [-0.05, 0) is 24.3 Å². The highest BCUT2D eigenvalue weighted by molar-refractivity contribution is 6.11. The zero-order valence-corrected chi connectivity index (χ0v) is 13.6. The van der Waals surface area contributed by atoms with Crippen LogP contribution in [0.5, 0.6) is 5.75 Å². The van der Waals surface area contributed by atoms with Crippen molar-refractivity contribution < 1.29 is 14.3 Å². The molecule has 3 rings (SSSR count). The van der Waals surface area contributed by atoms with E-state index >= 15 is 0 Å². The van der Waals surface area contributed by atoms with E-state index in [1.54, 1.807) is 36.4 Å². The summed E-state index contributed by atoms with van der Waals surface area (Å²) in [4.78, 5) is 24.8. The smallest absolute Gasteiger partial charge is 0.255 e. The lowest BCUT2D eigenvalue weighted by atomic mass is 10.1. The third-order valence-electron chi connectivity index (χ3n) is 3.75. The third-order valence-corrected chi connectivity index (χ3v) is 3.75. The van der Waals surface area contributed by atoms with Crippen LogP contribution >= 0.6 is 0 Å². The summed E-state index contributed by atoms with van der Waals surface area (Å²) in [7, 11) is 0. The van der Waals surface area contributed by atoms with Crippen molar-refractivity contribution in [2.24, 2.45) is 0 Å². The van der Waals surface area contributed by atoms with Crippen LogP contribution in [0, 0.1) is 0 Å². The number of fused-ring (bicyclic) bond motifs is 1. The Bertz CT molecular complexity index is 856. The lowest BCUT2D eigenvalue weighted by Crippen LogP contribution is -2.26. The van der Waals surface area contributed by atoms with Gasteiger partial charge in [-0.25, -0.2) is 0 Å². The Morgan fingerprint density at radius 3 is 2.68 bits per heavy atom. The molecule has 5 heteroatoms. The van der Waals surface area contributed by atoms with Crippen LogP contribution in [-0.4, -0.2) is 25.0 Å². The maximum absolute atomic E-state index is 12.6. The molecule has 2 aromatic carbocycles. The van der Waals surface area contributed by atoms with Crippen molar-refractivity contribution in [2.75, 3.05) is 18.5 Å². The molecule has 0 fully saturated rings. The molecular weight excluding hydrogens is 316 g/mol. The van der Waals surface area contributed by atoms with Crippen LogP contribution in [0.15, 0.2) is 66.8 Å². The van der Waals surface area contributed by atoms with Gasteiger partial charge in [0.2, 0.25) is 0 Å². The fraction of sp³-hybridized carbons (Fsp3) is 0.100. The average molecular weight is 334 g/mol. The molecule has 0 atom stereocenters. The monoisotopic (exact) mass is 334 g/mol. The van der Waals surface area contributed by atoms with Gasteiger partial charge in [0.15, 0.2) is 0 Å². The van der Waals surface area contributed by atoms with E-state index in [0.717, 1.165) is 11.3 Å². The normalized spacial score (nSPS) is 12.2. The van der Waals surface area contributed by atoms with Crippen molar-refractivity contribution in [3.8, 4) is 5.75 Å². The topological polar surface area (TPSA) is 67.4 Å². The van der Waals surface area contributed by atoms with E-state index in [-0.39, 0.29) is 18.4 Å². The summed E-state index contributed by atoms with van der Waals surface area (Å²) in [5, 5.41) is 5.50. The van der Waals surface area contributed by atoms with E-state index in [0.29, 0.717) is 23.4 Å². The van der Waals surface area contributed by atoms with Gasteiger partial charge in [-0.15, -0.1) is 6.58 Å². The summed E-state index contributed by atoms with van der Waals surface area (Å²) >= 11 is 0. The molecule has 25 heavy (non-hydrogen) atoms. The van der Waals surface area contributed by atoms with Gasteiger partial charge < -0.3 is 15.4 Å². The van der Waals surface area contributed by atoms with Crippen molar-refractivity contribution in [3.63, 3.8) is 0 Å². The molecule has 2 N–H and O–H groups in total. The molecule has 5 nitrogen and oxygen atoms in total. The first-order chi connectivity index (χ1) is 12.2.